The molecule has 0 aliphatic carbocycles. The van der Waals surface area contributed by atoms with Crippen molar-refractivity contribution < 1.29 is 14.3 Å². The maximum Gasteiger partial charge on any atom is 0.339 e. The lowest BCUT2D eigenvalue weighted by Gasteiger charge is -2.15. The fourth-order valence-electron chi connectivity index (χ4n) is 1.73. The van der Waals surface area contributed by atoms with Gasteiger partial charge in [-0.1, -0.05) is 0 Å². The van der Waals surface area contributed by atoms with Crippen LogP contribution in [-0.2, 0) is 6.42 Å². The molecule has 2 heterocycles. The van der Waals surface area contributed by atoms with Crippen molar-refractivity contribution in [1.82, 2.24) is 4.98 Å². The SMILES string of the molecule is CC(Cc1ccco1)Nc1ncc(Br)cc1C(=O)O. The monoisotopic (exact) mass is 324 g/mol. The first kappa shape index (κ1) is 13.6. The van der Waals surface area contributed by atoms with Gasteiger partial charge in [-0.2, -0.15) is 0 Å². The lowest BCUT2D eigenvalue weighted by atomic mass is 10.2. The van der Waals surface area contributed by atoms with E-state index in [-0.39, 0.29) is 11.6 Å². The average molecular weight is 325 g/mol. The fraction of sp³-hybridized carbons (Fsp3) is 0.231. The number of furan rings is 1. The van der Waals surface area contributed by atoms with Crippen LogP contribution in [0.25, 0.3) is 0 Å². The topological polar surface area (TPSA) is 75.4 Å². The van der Waals surface area contributed by atoms with Crippen molar-refractivity contribution in [2.45, 2.75) is 19.4 Å². The van der Waals surface area contributed by atoms with Gasteiger partial charge < -0.3 is 14.8 Å². The summed E-state index contributed by atoms with van der Waals surface area (Å²) in [6.07, 6.45) is 3.83. The van der Waals surface area contributed by atoms with Gasteiger partial charge in [0.15, 0.2) is 0 Å². The van der Waals surface area contributed by atoms with Gasteiger partial charge in [0.25, 0.3) is 0 Å². The summed E-state index contributed by atoms with van der Waals surface area (Å²) >= 11 is 3.21. The predicted molar refractivity (Wildman–Crippen MR) is 74.4 cm³/mol. The van der Waals surface area contributed by atoms with Crippen LogP contribution in [0.15, 0.2) is 39.5 Å². The minimum atomic E-state index is -1.01. The predicted octanol–water partition coefficient (Wildman–Crippen LogP) is 3.18. The van der Waals surface area contributed by atoms with Gasteiger partial charge in [-0.3, -0.25) is 0 Å². The van der Waals surface area contributed by atoms with Crippen LogP contribution < -0.4 is 5.32 Å². The van der Waals surface area contributed by atoms with Gasteiger partial charge in [-0.05, 0) is 41.1 Å². The third-order valence-electron chi connectivity index (χ3n) is 2.56. The van der Waals surface area contributed by atoms with Crippen molar-refractivity contribution in [3.63, 3.8) is 0 Å². The van der Waals surface area contributed by atoms with Crippen molar-refractivity contribution in [3.8, 4) is 0 Å². The van der Waals surface area contributed by atoms with Crippen molar-refractivity contribution in [1.29, 1.82) is 0 Å². The highest BCUT2D eigenvalue weighted by Gasteiger charge is 2.14. The van der Waals surface area contributed by atoms with Crippen LogP contribution in [0.5, 0.6) is 0 Å². The number of pyridine rings is 1. The van der Waals surface area contributed by atoms with Crippen molar-refractivity contribution in [2.24, 2.45) is 0 Å². The minimum absolute atomic E-state index is 0.0120. The van der Waals surface area contributed by atoms with Crippen LogP contribution >= 0.6 is 15.9 Å². The number of halogens is 1. The number of aromatic carboxylic acids is 1. The van der Waals surface area contributed by atoms with Gasteiger partial charge in [0.2, 0.25) is 0 Å². The molecule has 2 aromatic heterocycles. The second-order valence-electron chi connectivity index (χ2n) is 4.18. The molecule has 1 atom stereocenters. The molecule has 0 bridgehead atoms. The highest BCUT2D eigenvalue weighted by atomic mass is 79.9. The molecule has 0 aliphatic heterocycles. The Labute approximate surface area is 118 Å². The maximum atomic E-state index is 11.2. The van der Waals surface area contributed by atoms with Gasteiger partial charge in [0.05, 0.1) is 6.26 Å². The van der Waals surface area contributed by atoms with Crippen LogP contribution in [0.2, 0.25) is 0 Å². The highest BCUT2D eigenvalue weighted by Crippen LogP contribution is 2.19. The number of hydrogen-bond donors (Lipinski definition) is 2. The lowest BCUT2D eigenvalue weighted by molar-refractivity contribution is 0.0697. The largest absolute Gasteiger partial charge is 0.478 e. The molecular formula is C13H13BrN2O3. The first-order valence-electron chi connectivity index (χ1n) is 5.74. The zero-order valence-electron chi connectivity index (χ0n) is 10.3. The standard InChI is InChI=1S/C13H13BrN2O3/c1-8(5-10-3-2-4-19-10)16-12-11(13(17)18)6-9(14)7-15-12/h2-4,6-8H,5H2,1H3,(H,15,16)(H,17,18). The molecule has 6 heteroatoms. The molecule has 0 amide bonds. The van der Waals surface area contributed by atoms with E-state index in [4.69, 9.17) is 9.52 Å². The van der Waals surface area contributed by atoms with Gasteiger partial charge >= 0.3 is 5.97 Å². The van der Waals surface area contributed by atoms with Gasteiger partial charge in [0.1, 0.15) is 17.1 Å². The van der Waals surface area contributed by atoms with Crippen molar-refractivity contribution >= 4 is 27.7 Å². The Kier molecular flexibility index (Phi) is 4.21. The molecule has 5 nitrogen and oxygen atoms in total. The van der Waals surface area contributed by atoms with Gasteiger partial charge in [0, 0.05) is 23.1 Å². The van der Waals surface area contributed by atoms with Gasteiger partial charge in [-0.25, -0.2) is 9.78 Å². The van der Waals surface area contributed by atoms with Crippen LogP contribution in [-0.4, -0.2) is 22.1 Å². The zero-order chi connectivity index (χ0) is 13.8. The molecule has 100 valence electrons. The molecule has 0 radical (unpaired) electrons. The summed E-state index contributed by atoms with van der Waals surface area (Å²) in [5.74, 6) is 0.185. The van der Waals surface area contributed by atoms with E-state index in [9.17, 15) is 4.79 Å². The molecule has 1 unspecified atom stereocenters. The number of hydrogen-bond acceptors (Lipinski definition) is 4. The molecule has 0 aromatic carbocycles. The van der Waals surface area contributed by atoms with Gasteiger partial charge in [-0.15, -0.1) is 0 Å². The smallest absolute Gasteiger partial charge is 0.339 e. The van der Waals surface area contributed by atoms with E-state index in [1.807, 2.05) is 19.1 Å². The van der Waals surface area contributed by atoms with Crippen LogP contribution in [0.4, 0.5) is 5.82 Å². The first-order chi connectivity index (χ1) is 9.06. The molecule has 0 saturated carbocycles. The summed E-state index contributed by atoms with van der Waals surface area (Å²) in [6, 6.07) is 5.24. The molecule has 2 aromatic rings. The van der Waals surface area contributed by atoms with Crippen LogP contribution in [0, 0.1) is 0 Å². The summed E-state index contributed by atoms with van der Waals surface area (Å²) in [5, 5.41) is 12.2. The van der Waals surface area contributed by atoms with E-state index in [2.05, 4.69) is 26.2 Å². The normalized spacial score (nSPS) is 12.1. The summed E-state index contributed by atoms with van der Waals surface area (Å²) in [6.45, 7) is 1.94. The molecule has 0 spiro atoms. The van der Waals surface area contributed by atoms with Crippen molar-refractivity contribution in [2.75, 3.05) is 5.32 Å². The number of carbonyl (C=O) groups is 1. The first-order valence-corrected chi connectivity index (χ1v) is 6.53. The van der Waals surface area contributed by atoms with E-state index in [0.29, 0.717) is 16.7 Å². The number of carboxylic acids is 1. The molecule has 0 fully saturated rings. The van der Waals surface area contributed by atoms with E-state index in [0.717, 1.165) is 5.76 Å². The Morgan fingerprint density at radius 2 is 2.42 bits per heavy atom. The Morgan fingerprint density at radius 3 is 3.05 bits per heavy atom. The number of rotatable bonds is 5. The Morgan fingerprint density at radius 1 is 1.63 bits per heavy atom. The van der Waals surface area contributed by atoms with Crippen molar-refractivity contribution in [3.05, 3.63) is 46.5 Å². The maximum absolute atomic E-state index is 11.2. The highest BCUT2D eigenvalue weighted by molar-refractivity contribution is 9.10. The molecule has 2 N–H and O–H groups in total. The van der Waals surface area contributed by atoms with E-state index in [1.165, 1.54) is 6.07 Å². The quantitative estimate of drug-likeness (QED) is 0.883. The second-order valence-corrected chi connectivity index (χ2v) is 5.10. The molecule has 0 saturated heterocycles. The number of anilines is 1. The lowest BCUT2D eigenvalue weighted by Crippen LogP contribution is -2.20. The molecular weight excluding hydrogens is 312 g/mol. The third kappa shape index (κ3) is 3.57. The summed E-state index contributed by atoms with van der Waals surface area (Å²) in [5.41, 5.74) is 0.140. The fourth-order valence-corrected chi connectivity index (χ4v) is 2.06. The van der Waals surface area contributed by atoms with E-state index >= 15 is 0 Å². The van der Waals surface area contributed by atoms with Crippen LogP contribution in [0.1, 0.15) is 23.0 Å². The number of nitrogens with one attached hydrogen (secondary N) is 1. The van der Waals surface area contributed by atoms with E-state index < -0.39 is 5.97 Å². The summed E-state index contributed by atoms with van der Waals surface area (Å²) < 4.78 is 5.89. The number of nitrogens with zero attached hydrogens (tertiary/aromatic N) is 1. The zero-order valence-corrected chi connectivity index (χ0v) is 11.8. The Balaban J connectivity index is 2.12. The third-order valence-corrected chi connectivity index (χ3v) is 2.99. The number of aromatic nitrogens is 1. The minimum Gasteiger partial charge on any atom is -0.478 e. The molecule has 19 heavy (non-hydrogen) atoms. The summed E-state index contributed by atoms with van der Waals surface area (Å²) in [7, 11) is 0. The Bertz CT molecular complexity index is 569. The van der Waals surface area contributed by atoms with Crippen LogP contribution in [0.3, 0.4) is 0 Å². The Hall–Kier alpha value is -1.82. The molecule has 0 aliphatic rings. The molecule has 2 rings (SSSR count). The average Bonchev–Trinajstić information content (AvgIpc) is 2.83. The summed E-state index contributed by atoms with van der Waals surface area (Å²) in [4.78, 5) is 15.3. The van der Waals surface area contributed by atoms with E-state index in [1.54, 1.807) is 12.5 Å². The number of carboxylic acid groups (broad SMARTS) is 1. The second kappa shape index (κ2) is 5.88.